The van der Waals surface area contributed by atoms with Crippen LogP contribution < -0.4 is 9.64 Å². The smallest absolute Gasteiger partial charge is 0.331 e. The molecule has 1 aromatic rings. The molecular weight excluding hydrogens is 234 g/mol. The molecule has 1 aliphatic heterocycles. The fourth-order valence-electron chi connectivity index (χ4n) is 1.52. The molecule has 0 aliphatic carbocycles. The van der Waals surface area contributed by atoms with E-state index < -0.39 is 11.9 Å². The molecule has 0 saturated heterocycles. The third-order valence-electron chi connectivity index (χ3n) is 2.13. The van der Waals surface area contributed by atoms with Crippen LogP contribution in [0.3, 0.4) is 0 Å². The minimum atomic E-state index is -1.01. The molecule has 0 amide bonds. The molecule has 84 valence electrons. The van der Waals surface area contributed by atoms with Gasteiger partial charge in [0.25, 0.3) is 0 Å². The highest BCUT2D eigenvalue weighted by molar-refractivity contribution is 6.31. The van der Waals surface area contributed by atoms with Gasteiger partial charge in [0.1, 0.15) is 13.1 Å². The van der Waals surface area contributed by atoms with Crippen molar-refractivity contribution < 1.29 is 19.4 Å². The standard InChI is InChI=1S/C10H8ClNO4/c11-6-1-2-8-7(3-6)12(4-9(13)14)5-10(15)16-8/h1-3H,4-5H2,(H,13,14). The Morgan fingerprint density at radius 1 is 1.56 bits per heavy atom. The van der Waals surface area contributed by atoms with Crippen LogP contribution in [0.4, 0.5) is 5.69 Å². The van der Waals surface area contributed by atoms with Gasteiger partial charge in [-0.2, -0.15) is 0 Å². The number of carbonyl (C=O) groups excluding carboxylic acids is 1. The van der Waals surface area contributed by atoms with Crippen LogP contribution in [-0.2, 0) is 9.59 Å². The topological polar surface area (TPSA) is 66.8 Å². The second-order valence-corrected chi connectivity index (χ2v) is 3.77. The average molecular weight is 242 g/mol. The number of benzene rings is 1. The highest BCUT2D eigenvalue weighted by atomic mass is 35.5. The molecule has 1 N–H and O–H groups in total. The van der Waals surface area contributed by atoms with Gasteiger partial charge in [-0.25, -0.2) is 4.79 Å². The van der Waals surface area contributed by atoms with E-state index in [0.29, 0.717) is 16.5 Å². The number of anilines is 1. The largest absolute Gasteiger partial charge is 0.480 e. The normalized spacial score (nSPS) is 14.3. The SMILES string of the molecule is O=C(O)CN1CC(=O)Oc2ccc(Cl)cc21. The maximum absolute atomic E-state index is 11.2. The van der Waals surface area contributed by atoms with Crippen LogP contribution in [0.1, 0.15) is 0 Å². The second-order valence-electron chi connectivity index (χ2n) is 3.34. The van der Waals surface area contributed by atoms with Crippen molar-refractivity contribution in [2.45, 2.75) is 0 Å². The van der Waals surface area contributed by atoms with Crippen LogP contribution in [-0.4, -0.2) is 30.1 Å². The van der Waals surface area contributed by atoms with Crippen molar-refractivity contribution in [3.8, 4) is 5.75 Å². The zero-order valence-electron chi connectivity index (χ0n) is 8.14. The highest BCUT2D eigenvalue weighted by Gasteiger charge is 2.25. The van der Waals surface area contributed by atoms with Gasteiger partial charge in [0.05, 0.1) is 5.69 Å². The van der Waals surface area contributed by atoms with E-state index in [2.05, 4.69) is 0 Å². The number of carboxylic acid groups (broad SMARTS) is 1. The van der Waals surface area contributed by atoms with Gasteiger partial charge < -0.3 is 14.7 Å². The van der Waals surface area contributed by atoms with Crippen LogP contribution in [0.15, 0.2) is 18.2 Å². The fourth-order valence-corrected chi connectivity index (χ4v) is 1.69. The zero-order valence-corrected chi connectivity index (χ0v) is 8.90. The van der Waals surface area contributed by atoms with Gasteiger partial charge in [-0.1, -0.05) is 11.6 Å². The molecule has 0 radical (unpaired) electrons. The Morgan fingerprint density at radius 3 is 3.00 bits per heavy atom. The molecule has 1 aliphatic rings. The third-order valence-corrected chi connectivity index (χ3v) is 2.37. The van der Waals surface area contributed by atoms with E-state index in [-0.39, 0.29) is 13.1 Å². The van der Waals surface area contributed by atoms with Crippen LogP contribution >= 0.6 is 11.6 Å². The highest BCUT2D eigenvalue weighted by Crippen LogP contribution is 2.33. The Labute approximate surface area is 96.2 Å². The first-order valence-corrected chi connectivity index (χ1v) is 4.91. The molecular formula is C10H8ClNO4. The number of carboxylic acids is 1. The molecule has 2 rings (SSSR count). The molecule has 1 aromatic carbocycles. The van der Waals surface area contributed by atoms with E-state index in [4.69, 9.17) is 21.4 Å². The summed E-state index contributed by atoms with van der Waals surface area (Å²) < 4.78 is 4.97. The van der Waals surface area contributed by atoms with Crippen molar-refractivity contribution in [2.24, 2.45) is 0 Å². The third kappa shape index (κ3) is 2.09. The first kappa shape index (κ1) is 10.8. The van der Waals surface area contributed by atoms with Gasteiger partial charge in [0.2, 0.25) is 0 Å². The van der Waals surface area contributed by atoms with E-state index in [9.17, 15) is 9.59 Å². The minimum absolute atomic E-state index is 0.0837. The number of hydrogen-bond donors (Lipinski definition) is 1. The zero-order chi connectivity index (χ0) is 11.7. The lowest BCUT2D eigenvalue weighted by Gasteiger charge is -2.28. The molecule has 0 spiro atoms. The van der Waals surface area contributed by atoms with E-state index >= 15 is 0 Å². The summed E-state index contributed by atoms with van der Waals surface area (Å²) in [5.74, 6) is -1.15. The molecule has 0 aromatic heterocycles. The minimum Gasteiger partial charge on any atom is -0.480 e. The summed E-state index contributed by atoms with van der Waals surface area (Å²) >= 11 is 5.80. The number of fused-ring (bicyclic) bond motifs is 1. The van der Waals surface area contributed by atoms with Crippen molar-refractivity contribution in [1.82, 2.24) is 0 Å². The Kier molecular flexibility index (Phi) is 2.70. The predicted octanol–water partition coefficient (Wildman–Crippen LogP) is 1.15. The van der Waals surface area contributed by atoms with E-state index in [1.807, 2.05) is 0 Å². The van der Waals surface area contributed by atoms with Crippen molar-refractivity contribution in [2.75, 3.05) is 18.0 Å². The number of nitrogens with zero attached hydrogens (tertiary/aromatic N) is 1. The Hall–Kier alpha value is -1.75. The number of ether oxygens (including phenoxy) is 1. The summed E-state index contributed by atoms with van der Waals surface area (Å²) in [7, 11) is 0. The van der Waals surface area contributed by atoms with E-state index in [1.54, 1.807) is 18.2 Å². The summed E-state index contributed by atoms with van der Waals surface area (Å²) in [6.45, 7) is -0.345. The lowest BCUT2D eigenvalue weighted by molar-refractivity contribution is -0.136. The van der Waals surface area contributed by atoms with E-state index in [1.165, 1.54) is 4.90 Å². The number of halogens is 1. The molecule has 5 nitrogen and oxygen atoms in total. The van der Waals surface area contributed by atoms with Gasteiger partial charge in [-0.3, -0.25) is 4.79 Å². The van der Waals surface area contributed by atoms with Crippen LogP contribution in [0.25, 0.3) is 0 Å². The van der Waals surface area contributed by atoms with Crippen molar-refractivity contribution in [1.29, 1.82) is 0 Å². The summed E-state index contributed by atoms with van der Waals surface area (Å²) in [5.41, 5.74) is 0.523. The Balaban J connectivity index is 2.39. The maximum atomic E-state index is 11.2. The van der Waals surface area contributed by atoms with Crippen molar-refractivity contribution in [3.05, 3.63) is 23.2 Å². The molecule has 16 heavy (non-hydrogen) atoms. The number of rotatable bonds is 2. The Bertz CT molecular complexity index is 460. The van der Waals surface area contributed by atoms with E-state index in [0.717, 1.165) is 0 Å². The van der Waals surface area contributed by atoms with Crippen LogP contribution in [0.2, 0.25) is 5.02 Å². The molecule has 0 fully saturated rings. The second kappa shape index (κ2) is 4.02. The molecule has 0 atom stereocenters. The lowest BCUT2D eigenvalue weighted by atomic mass is 10.2. The molecule has 0 bridgehead atoms. The Morgan fingerprint density at radius 2 is 2.31 bits per heavy atom. The monoisotopic (exact) mass is 241 g/mol. The molecule has 1 heterocycles. The number of carbonyl (C=O) groups is 2. The molecule has 0 unspecified atom stereocenters. The summed E-state index contributed by atoms with van der Waals surface area (Å²) in [4.78, 5) is 23.3. The number of hydrogen-bond acceptors (Lipinski definition) is 4. The quantitative estimate of drug-likeness (QED) is 0.622. The average Bonchev–Trinajstić information content (AvgIpc) is 2.18. The van der Waals surface area contributed by atoms with Crippen LogP contribution in [0.5, 0.6) is 5.75 Å². The summed E-state index contributed by atoms with van der Waals surface area (Å²) in [5, 5.41) is 9.18. The first-order valence-electron chi connectivity index (χ1n) is 4.53. The summed E-state index contributed by atoms with van der Waals surface area (Å²) in [6.07, 6.45) is 0. The van der Waals surface area contributed by atoms with Crippen molar-refractivity contribution in [3.63, 3.8) is 0 Å². The van der Waals surface area contributed by atoms with Gasteiger partial charge in [-0.15, -0.1) is 0 Å². The molecule has 6 heteroatoms. The van der Waals surface area contributed by atoms with Gasteiger partial charge in [0.15, 0.2) is 5.75 Å². The molecule has 0 saturated carbocycles. The first-order chi connectivity index (χ1) is 7.56. The van der Waals surface area contributed by atoms with Gasteiger partial charge in [0, 0.05) is 5.02 Å². The number of aliphatic carboxylic acids is 1. The lowest BCUT2D eigenvalue weighted by Crippen LogP contribution is -2.39. The van der Waals surface area contributed by atoms with Gasteiger partial charge >= 0.3 is 11.9 Å². The maximum Gasteiger partial charge on any atom is 0.331 e. The number of esters is 1. The van der Waals surface area contributed by atoms with Crippen LogP contribution in [0, 0.1) is 0 Å². The fraction of sp³-hybridized carbons (Fsp3) is 0.200. The van der Waals surface area contributed by atoms with Gasteiger partial charge in [-0.05, 0) is 18.2 Å². The van der Waals surface area contributed by atoms with Crippen molar-refractivity contribution >= 4 is 29.2 Å². The summed E-state index contributed by atoms with van der Waals surface area (Å²) in [6, 6.07) is 4.70. The predicted molar refractivity (Wildman–Crippen MR) is 56.9 cm³/mol.